The molecule has 0 saturated carbocycles. The summed E-state index contributed by atoms with van der Waals surface area (Å²) in [7, 11) is 0. The topological polar surface area (TPSA) is 133 Å². The SMILES string of the molecule is CCCn1c(N)c(NC(C)(CO)CO)c(=O)[nH]c1=O. The zero-order valence-corrected chi connectivity index (χ0v) is 11.1. The molecule has 0 amide bonds. The highest BCUT2D eigenvalue weighted by molar-refractivity contribution is 5.61. The average Bonchev–Trinajstić information content (AvgIpc) is 2.39. The van der Waals surface area contributed by atoms with Crippen molar-refractivity contribution in [2.75, 3.05) is 24.3 Å². The van der Waals surface area contributed by atoms with Gasteiger partial charge >= 0.3 is 5.69 Å². The molecule has 0 fully saturated rings. The minimum Gasteiger partial charge on any atom is -0.394 e. The highest BCUT2D eigenvalue weighted by atomic mass is 16.3. The van der Waals surface area contributed by atoms with Crippen molar-refractivity contribution in [2.45, 2.75) is 32.4 Å². The van der Waals surface area contributed by atoms with E-state index >= 15 is 0 Å². The Balaban J connectivity index is 3.32. The molecular weight excluding hydrogens is 252 g/mol. The van der Waals surface area contributed by atoms with Crippen molar-refractivity contribution in [1.82, 2.24) is 9.55 Å². The van der Waals surface area contributed by atoms with Gasteiger partial charge in [0, 0.05) is 6.54 Å². The molecule has 8 nitrogen and oxygen atoms in total. The number of nitrogens with two attached hydrogens (primary N) is 1. The summed E-state index contributed by atoms with van der Waals surface area (Å²) in [5.41, 5.74) is 3.42. The highest BCUT2D eigenvalue weighted by Gasteiger charge is 2.25. The normalized spacial score (nSPS) is 11.6. The molecule has 6 N–H and O–H groups in total. The predicted molar refractivity (Wildman–Crippen MR) is 72.2 cm³/mol. The molecule has 1 aromatic rings. The quantitative estimate of drug-likeness (QED) is 0.436. The molecule has 0 aliphatic carbocycles. The van der Waals surface area contributed by atoms with Crippen LogP contribution in [0.25, 0.3) is 0 Å². The Morgan fingerprint density at radius 2 is 1.95 bits per heavy atom. The maximum Gasteiger partial charge on any atom is 0.330 e. The van der Waals surface area contributed by atoms with Crippen LogP contribution in [0.3, 0.4) is 0 Å². The van der Waals surface area contributed by atoms with Crippen molar-refractivity contribution in [1.29, 1.82) is 0 Å². The number of rotatable bonds is 6. The van der Waals surface area contributed by atoms with Crippen LogP contribution in [0, 0.1) is 0 Å². The second kappa shape index (κ2) is 5.89. The Bertz CT molecular complexity index is 545. The first-order valence-corrected chi connectivity index (χ1v) is 6.01. The van der Waals surface area contributed by atoms with Crippen LogP contribution < -0.4 is 22.3 Å². The summed E-state index contributed by atoms with van der Waals surface area (Å²) in [5.74, 6) is -0.0104. The van der Waals surface area contributed by atoms with Crippen molar-refractivity contribution in [2.24, 2.45) is 0 Å². The number of aliphatic hydroxyl groups excluding tert-OH is 2. The second-order valence-electron chi connectivity index (χ2n) is 4.67. The minimum absolute atomic E-state index is 0.0104. The van der Waals surface area contributed by atoms with E-state index in [1.807, 2.05) is 6.92 Å². The Morgan fingerprint density at radius 1 is 1.37 bits per heavy atom. The molecule has 0 aliphatic heterocycles. The van der Waals surface area contributed by atoms with Crippen LogP contribution in [0.4, 0.5) is 11.5 Å². The van der Waals surface area contributed by atoms with Gasteiger partial charge in [-0.3, -0.25) is 14.3 Å². The first-order chi connectivity index (χ1) is 8.88. The average molecular weight is 272 g/mol. The van der Waals surface area contributed by atoms with E-state index in [0.29, 0.717) is 13.0 Å². The van der Waals surface area contributed by atoms with Crippen LogP contribution >= 0.6 is 0 Å². The monoisotopic (exact) mass is 272 g/mol. The van der Waals surface area contributed by atoms with Crippen molar-refractivity contribution in [3.8, 4) is 0 Å². The molecule has 0 atom stereocenters. The first-order valence-electron chi connectivity index (χ1n) is 6.01. The highest BCUT2D eigenvalue weighted by Crippen LogP contribution is 2.16. The van der Waals surface area contributed by atoms with Crippen molar-refractivity contribution in [3.63, 3.8) is 0 Å². The Morgan fingerprint density at radius 3 is 2.42 bits per heavy atom. The summed E-state index contributed by atoms with van der Waals surface area (Å²) in [6, 6.07) is 0. The summed E-state index contributed by atoms with van der Waals surface area (Å²) in [4.78, 5) is 25.5. The maximum atomic E-state index is 11.8. The van der Waals surface area contributed by atoms with Crippen LogP contribution in [-0.2, 0) is 6.54 Å². The molecule has 0 unspecified atom stereocenters. The zero-order valence-electron chi connectivity index (χ0n) is 11.1. The van der Waals surface area contributed by atoms with Gasteiger partial charge in [-0.25, -0.2) is 4.79 Å². The lowest BCUT2D eigenvalue weighted by Gasteiger charge is -2.28. The van der Waals surface area contributed by atoms with Gasteiger partial charge in [0.2, 0.25) is 0 Å². The number of nitrogens with one attached hydrogen (secondary N) is 2. The van der Waals surface area contributed by atoms with E-state index < -0.39 is 30.0 Å². The Hall–Kier alpha value is -1.80. The number of nitrogens with zero attached hydrogens (tertiary/aromatic N) is 1. The molecule has 0 bridgehead atoms. The molecule has 0 saturated heterocycles. The van der Waals surface area contributed by atoms with Crippen LogP contribution in [0.2, 0.25) is 0 Å². The molecule has 0 aromatic carbocycles. The van der Waals surface area contributed by atoms with Gasteiger partial charge in [0.05, 0.1) is 18.8 Å². The standard InChI is InChI=1S/C11H20N4O4/c1-3-4-15-8(12)7(9(18)13-10(15)19)14-11(2,5-16)6-17/h14,16-17H,3-6,12H2,1-2H3,(H,13,18,19). The number of anilines is 2. The minimum atomic E-state index is -1.10. The van der Waals surface area contributed by atoms with E-state index in [1.54, 1.807) is 0 Å². The maximum absolute atomic E-state index is 11.8. The molecule has 19 heavy (non-hydrogen) atoms. The number of hydrogen-bond acceptors (Lipinski definition) is 6. The van der Waals surface area contributed by atoms with Gasteiger partial charge in [-0.15, -0.1) is 0 Å². The van der Waals surface area contributed by atoms with Gasteiger partial charge in [0.1, 0.15) is 11.5 Å². The third kappa shape index (κ3) is 3.15. The van der Waals surface area contributed by atoms with Crippen LogP contribution in [0.1, 0.15) is 20.3 Å². The fourth-order valence-electron chi connectivity index (χ4n) is 1.59. The van der Waals surface area contributed by atoms with E-state index in [9.17, 15) is 19.8 Å². The largest absolute Gasteiger partial charge is 0.394 e. The van der Waals surface area contributed by atoms with Crippen molar-refractivity contribution in [3.05, 3.63) is 20.8 Å². The predicted octanol–water partition coefficient (Wildman–Crippen LogP) is -1.32. The molecule has 108 valence electrons. The van der Waals surface area contributed by atoms with Gasteiger partial charge in [-0.1, -0.05) is 6.92 Å². The summed E-state index contributed by atoms with van der Waals surface area (Å²) in [5, 5.41) is 21.1. The number of aromatic nitrogens is 2. The molecule has 8 heteroatoms. The number of hydrogen-bond donors (Lipinski definition) is 5. The Labute approximate surface area is 109 Å². The molecule has 0 radical (unpaired) electrons. The third-order valence-corrected chi connectivity index (χ3v) is 2.81. The van der Waals surface area contributed by atoms with Gasteiger partial charge in [-0.2, -0.15) is 0 Å². The smallest absolute Gasteiger partial charge is 0.330 e. The number of aromatic amines is 1. The lowest BCUT2D eigenvalue weighted by Crippen LogP contribution is -2.46. The van der Waals surface area contributed by atoms with E-state index in [1.165, 1.54) is 11.5 Å². The van der Waals surface area contributed by atoms with Crippen LogP contribution in [-0.4, -0.2) is 38.5 Å². The van der Waals surface area contributed by atoms with Gasteiger partial charge in [-0.05, 0) is 13.3 Å². The molecule has 0 aliphatic rings. The lowest BCUT2D eigenvalue weighted by molar-refractivity contribution is 0.147. The van der Waals surface area contributed by atoms with Gasteiger partial charge < -0.3 is 21.3 Å². The third-order valence-electron chi connectivity index (χ3n) is 2.81. The molecule has 0 spiro atoms. The van der Waals surface area contributed by atoms with E-state index in [-0.39, 0.29) is 11.5 Å². The number of H-pyrrole nitrogens is 1. The van der Waals surface area contributed by atoms with E-state index in [4.69, 9.17) is 5.73 Å². The van der Waals surface area contributed by atoms with E-state index in [2.05, 4.69) is 10.3 Å². The fraction of sp³-hybridized carbons (Fsp3) is 0.636. The first kappa shape index (κ1) is 15.3. The van der Waals surface area contributed by atoms with Crippen molar-refractivity contribution < 1.29 is 10.2 Å². The van der Waals surface area contributed by atoms with Crippen molar-refractivity contribution >= 4 is 11.5 Å². The summed E-state index contributed by atoms with van der Waals surface area (Å²) in [6.45, 7) is 2.98. The summed E-state index contributed by atoms with van der Waals surface area (Å²) in [6.07, 6.45) is 0.673. The van der Waals surface area contributed by atoms with Gasteiger partial charge in [0.25, 0.3) is 5.56 Å². The summed E-state index contributed by atoms with van der Waals surface area (Å²) >= 11 is 0. The molecular formula is C11H20N4O4. The van der Waals surface area contributed by atoms with Crippen LogP contribution in [0.5, 0.6) is 0 Å². The zero-order chi connectivity index (χ0) is 14.6. The van der Waals surface area contributed by atoms with Crippen LogP contribution in [0.15, 0.2) is 9.59 Å². The Kier molecular flexibility index (Phi) is 4.73. The van der Waals surface area contributed by atoms with E-state index in [0.717, 1.165) is 0 Å². The molecule has 1 rings (SSSR count). The number of aliphatic hydroxyl groups is 2. The fourth-order valence-corrected chi connectivity index (χ4v) is 1.59. The molecule has 1 heterocycles. The van der Waals surface area contributed by atoms with Gasteiger partial charge in [0.15, 0.2) is 0 Å². The summed E-state index contributed by atoms with van der Waals surface area (Å²) < 4.78 is 1.24. The lowest BCUT2D eigenvalue weighted by atomic mass is 10.1. The molecule has 1 aromatic heterocycles. The second-order valence-corrected chi connectivity index (χ2v) is 4.67. The number of nitrogen functional groups attached to an aromatic ring is 1.